The third-order valence-electron chi connectivity index (χ3n) is 4.73. The minimum atomic E-state index is -0.597. The number of aryl methyl sites for hydroxylation is 1. The van der Waals surface area contributed by atoms with Gasteiger partial charge in [0.2, 0.25) is 0 Å². The van der Waals surface area contributed by atoms with E-state index in [-0.39, 0.29) is 12.4 Å². The van der Waals surface area contributed by atoms with E-state index in [0.717, 1.165) is 16.0 Å². The number of ether oxygens (including phenoxy) is 2. The number of hydrogen-bond acceptors (Lipinski definition) is 8. The Morgan fingerprint density at radius 2 is 2.00 bits per heavy atom. The van der Waals surface area contributed by atoms with Gasteiger partial charge >= 0.3 is 11.9 Å². The lowest BCUT2D eigenvalue weighted by Crippen LogP contribution is -2.29. The van der Waals surface area contributed by atoms with E-state index in [1.165, 1.54) is 30.2 Å². The van der Waals surface area contributed by atoms with Crippen molar-refractivity contribution in [1.29, 1.82) is 5.26 Å². The van der Waals surface area contributed by atoms with E-state index >= 15 is 0 Å². The second kappa shape index (κ2) is 10.3. The number of thioether (sulfide) groups is 1. The van der Waals surface area contributed by atoms with Crippen LogP contribution in [0.2, 0.25) is 0 Å². The predicted molar refractivity (Wildman–Crippen MR) is 122 cm³/mol. The lowest BCUT2D eigenvalue weighted by atomic mass is 9.84. The van der Waals surface area contributed by atoms with Crippen molar-refractivity contribution < 1.29 is 19.1 Å². The SMILES string of the molecule is CCOC(=O)C1=C(c2ccccc2)NC(SCC(=O)OC)=C(C#N)C1c1sccc1C. The van der Waals surface area contributed by atoms with Gasteiger partial charge in [0.05, 0.1) is 53.3 Å². The van der Waals surface area contributed by atoms with Crippen molar-refractivity contribution in [1.82, 2.24) is 5.32 Å². The highest BCUT2D eigenvalue weighted by Crippen LogP contribution is 2.45. The Hall–Kier alpha value is -3.02. The topological polar surface area (TPSA) is 88.4 Å². The van der Waals surface area contributed by atoms with Crippen molar-refractivity contribution in [2.24, 2.45) is 0 Å². The number of dihydropyridines is 1. The molecule has 0 radical (unpaired) electrons. The van der Waals surface area contributed by atoms with Crippen LogP contribution in [0.5, 0.6) is 0 Å². The lowest BCUT2D eigenvalue weighted by Gasteiger charge is -2.30. The summed E-state index contributed by atoms with van der Waals surface area (Å²) in [7, 11) is 1.32. The van der Waals surface area contributed by atoms with Crippen molar-refractivity contribution in [3.05, 3.63) is 74.0 Å². The average molecular weight is 455 g/mol. The number of carbonyl (C=O) groups excluding carboxylic acids is 2. The van der Waals surface area contributed by atoms with Crippen LogP contribution in [0.3, 0.4) is 0 Å². The molecule has 0 bridgehead atoms. The lowest BCUT2D eigenvalue weighted by molar-refractivity contribution is -0.139. The maximum atomic E-state index is 13.2. The number of benzene rings is 1. The number of carbonyl (C=O) groups is 2. The van der Waals surface area contributed by atoms with Crippen LogP contribution in [0.25, 0.3) is 5.70 Å². The summed E-state index contributed by atoms with van der Waals surface area (Å²) in [6, 6.07) is 13.7. The normalized spacial score (nSPS) is 15.9. The van der Waals surface area contributed by atoms with E-state index in [1.807, 2.05) is 48.7 Å². The van der Waals surface area contributed by atoms with Crippen LogP contribution in [0.1, 0.15) is 28.8 Å². The molecule has 1 aromatic carbocycles. The van der Waals surface area contributed by atoms with Crippen LogP contribution < -0.4 is 5.32 Å². The minimum Gasteiger partial charge on any atom is -0.468 e. The first kappa shape index (κ1) is 22.7. The van der Waals surface area contributed by atoms with Gasteiger partial charge in [-0.25, -0.2) is 4.79 Å². The van der Waals surface area contributed by atoms with Gasteiger partial charge in [0.15, 0.2) is 0 Å². The zero-order valence-corrected chi connectivity index (χ0v) is 19.1. The van der Waals surface area contributed by atoms with Crippen molar-refractivity contribution in [2.45, 2.75) is 19.8 Å². The molecule has 1 aromatic heterocycles. The molecule has 3 rings (SSSR count). The molecule has 1 atom stereocenters. The number of nitrogens with one attached hydrogen (secondary N) is 1. The highest BCUT2D eigenvalue weighted by molar-refractivity contribution is 8.03. The standard InChI is InChI=1S/C23H22N2O4S2/c1-4-29-23(27)19-18(21-14(2)10-11-30-21)16(12-24)22(31-13-17(26)28-3)25-20(19)15-8-6-5-7-9-15/h5-11,18,25H,4,13H2,1-3H3. The van der Waals surface area contributed by atoms with Crippen molar-refractivity contribution in [3.8, 4) is 6.07 Å². The monoisotopic (exact) mass is 454 g/mol. The van der Waals surface area contributed by atoms with Gasteiger partial charge in [0.25, 0.3) is 0 Å². The molecule has 0 fully saturated rings. The van der Waals surface area contributed by atoms with Gasteiger partial charge in [-0.15, -0.1) is 11.3 Å². The molecule has 2 aromatic rings. The number of thiophene rings is 1. The molecule has 1 N–H and O–H groups in total. The summed E-state index contributed by atoms with van der Waals surface area (Å²) in [6.45, 7) is 3.92. The van der Waals surface area contributed by atoms with Gasteiger partial charge in [-0.3, -0.25) is 4.79 Å². The van der Waals surface area contributed by atoms with Crippen molar-refractivity contribution in [2.75, 3.05) is 19.5 Å². The molecule has 0 spiro atoms. The maximum Gasteiger partial charge on any atom is 0.337 e. The number of rotatable bonds is 7. The van der Waals surface area contributed by atoms with Crippen LogP contribution >= 0.6 is 23.1 Å². The molecule has 160 valence electrons. The fourth-order valence-electron chi connectivity index (χ4n) is 3.29. The molecule has 2 heterocycles. The van der Waals surface area contributed by atoms with Gasteiger partial charge < -0.3 is 14.8 Å². The molecular formula is C23H22N2O4S2. The summed E-state index contributed by atoms with van der Waals surface area (Å²) in [5, 5.41) is 15.8. The number of hydrogen-bond donors (Lipinski definition) is 1. The first-order chi connectivity index (χ1) is 15.0. The Bertz CT molecular complexity index is 1080. The van der Waals surface area contributed by atoms with E-state index in [1.54, 1.807) is 6.92 Å². The third kappa shape index (κ3) is 4.84. The van der Waals surface area contributed by atoms with E-state index < -0.39 is 17.9 Å². The van der Waals surface area contributed by atoms with Gasteiger partial charge in [-0.2, -0.15) is 5.26 Å². The smallest absolute Gasteiger partial charge is 0.337 e. The first-order valence-corrected chi connectivity index (χ1v) is 11.5. The van der Waals surface area contributed by atoms with Gasteiger partial charge in [0, 0.05) is 4.88 Å². The highest BCUT2D eigenvalue weighted by Gasteiger charge is 2.38. The predicted octanol–water partition coefficient (Wildman–Crippen LogP) is 4.36. The fourth-order valence-corrected chi connectivity index (χ4v) is 5.21. The number of methoxy groups -OCH3 is 1. The Balaban J connectivity index is 2.24. The summed E-state index contributed by atoms with van der Waals surface area (Å²) in [6.07, 6.45) is 0. The second-order valence-corrected chi connectivity index (χ2v) is 8.55. The molecule has 6 nitrogen and oxygen atoms in total. The van der Waals surface area contributed by atoms with Crippen molar-refractivity contribution in [3.63, 3.8) is 0 Å². The van der Waals surface area contributed by atoms with E-state index in [2.05, 4.69) is 11.4 Å². The van der Waals surface area contributed by atoms with Crippen LogP contribution in [0.15, 0.2) is 58.0 Å². The summed E-state index contributed by atoms with van der Waals surface area (Å²) < 4.78 is 10.2. The molecule has 0 saturated carbocycles. The number of esters is 2. The Labute approximate surface area is 189 Å². The fraction of sp³-hybridized carbons (Fsp3) is 0.261. The average Bonchev–Trinajstić information content (AvgIpc) is 3.22. The zero-order valence-electron chi connectivity index (χ0n) is 17.4. The van der Waals surface area contributed by atoms with Crippen LogP contribution in [-0.2, 0) is 19.1 Å². The third-order valence-corrected chi connectivity index (χ3v) is 6.81. The van der Waals surface area contributed by atoms with E-state index in [9.17, 15) is 14.9 Å². The van der Waals surface area contributed by atoms with E-state index in [0.29, 0.717) is 21.9 Å². The Morgan fingerprint density at radius 3 is 2.58 bits per heavy atom. The largest absolute Gasteiger partial charge is 0.468 e. The minimum absolute atomic E-state index is 0.0387. The maximum absolute atomic E-state index is 13.2. The van der Waals surface area contributed by atoms with Crippen LogP contribution in [0.4, 0.5) is 0 Å². The van der Waals surface area contributed by atoms with Crippen molar-refractivity contribution >= 4 is 40.7 Å². The molecule has 1 aliphatic heterocycles. The van der Waals surface area contributed by atoms with Gasteiger partial charge in [-0.05, 0) is 36.4 Å². The first-order valence-electron chi connectivity index (χ1n) is 9.63. The quantitative estimate of drug-likeness (QED) is 0.622. The second-order valence-electron chi connectivity index (χ2n) is 6.62. The number of nitrogens with zero attached hydrogens (tertiary/aromatic N) is 1. The zero-order chi connectivity index (χ0) is 22.4. The molecule has 31 heavy (non-hydrogen) atoms. The Kier molecular flexibility index (Phi) is 7.55. The number of nitriles is 1. The summed E-state index contributed by atoms with van der Waals surface area (Å²) in [5.74, 6) is -1.43. The highest BCUT2D eigenvalue weighted by atomic mass is 32.2. The number of allylic oxidation sites excluding steroid dienone is 1. The molecule has 8 heteroatoms. The molecular weight excluding hydrogens is 432 g/mol. The molecule has 0 amide bonds. The molecule has 1 aliphatic rings. The van der Waals surface area contributed by atoms with Crippen LogP contribution in [0, 0.1) is 18.3 Å². The Morgan fingerprint density at radius 1 is 1.26 bits per heavy atom. The summed E-state index contributed by atoms with van der Waals surface area (Å²) >= 11 is 2.67. The van der Waals surface area contributed by atoms with E-state index in [4.69, 9.17) is 9.47 Å². The van der Waals surface area contributed by atoms with Gasteiger partial charge in [-0.1, -0.05) is 42.1 Å². The summed E-state index contributed by atoms with van der Waals surface area (Å²) in [5.41, 5.74) is 3.11. The molecule has 0 saturated heterocycles. The molecule has 0 aliphatic carbocycles. The van der Waals surface area contributed by atoms with Gasteiger partial charge in [0.1, 0.15) is 0 Å². The van der Waals surface area contributed by atoms with Crippen LogP contribution in [-0.4, -0.2) is 31.4 Å². The summed E-state index contributed by atoms with van der Waals surface area (Å²) in [4.78, 5) is 25.8. The molecule has 1 unspecified atom stereocenters.